The number of hydrogen-bond acceptors (Lipinski definition) is 7. The van der Waals surface area contributed by atoms with Gasteiger partial charge in [0.15, 0.2) is 24.3 Å². The lowest BCUT2D eigenvalue weighted by Gasteiger charge is -2.14. The molecule has 144 valence electrons. The van der Waals surface area contributed by atoms with Crippen LogP contribution in [0.5, 0.6) is 17.2 Å². The van der Waals surface area contributed by atoms with Crippen molar-refractivity contribution < 1.29 is 33.3 Å². The summed E-state index contributed by atoms with van der Waals surface area (Å²) in [7, 11) is 4.48. The number of nitrogens with one attached hydrogen (secondary N) is 1. The zero-order valence-electron chi connectivity index (χ0n) is 15.2. The van der Waals surface area contributed by atoms with Crippen molar-refractivity contribution in [3.8, 4) is 17.2 Å². The van der Waals surface area contributed by atoms with E-state index < -0.39 is 18.5 Å². The first-order valence-corrected chi connectivity index (χ1v) is 7.91. The molecule has 0 fully saturated rings. The Bertz CT molecular complexity index is 798. The molecule has 2 aromatic rings. The van der Waals surface area contributed by atoms with Crippen LogP contribution in [0.15, 0.2) is 36.5 Å². The van der Waals surface area contributed by atoms with E-state index in [4.69, 9.17) is 18.9 Å². The molecule has 0 saturated carbocycles. The van der Waals surface area contributed by atoms with E-state index >= 15 is 0 Å². The number of amides is 1. The fraction of sp³-hybridized carbons (Fsp3) is 0.278. The molecule has 0 saturated heterocycles. The number of hydrogen-bond donors (Lipinski definition) is 1. The van der Waals surface area contributed by atoms with Crippen LogP contribution in [0.4, 0.5) is 0 Å². The van der Waals surface area contributed by atoms with Gasteiger partial charge in [0.1, 0.15) is 0 Å². The van der Waals surface area contributed by atoms with Crippen molar-refractivity contribution in [2.45, 2.75) is 6.54 Å². The summed E-state index contributed by atoms with van der Waals surface area (Å²) in [5.41, 5.74) is 0.500. The van der Waals surface area contributed by atoms with Crippen LogP contribution < -0.4 is 24.3 Å². The minimum absolute atomic E-state index is 0.153. The van der Waals surface area contributed by atoms with Crippen LogP contribution in [-0.2, 0) is 16.1 Å². The summed E-state index contributed by atoms with van der Waals surface area (Å²) < 4.78 is 20.9. The van der Waals surface area contributed by atoms with Crippen LogP contribution in [0.25, 0.3) is 0 Å². The minimum Gasteiger partial charge on any atom is -0.618 e. The molecule has 1 amide bonds. The summed E-state index contributed by atoms with van der Waals surface area (Å²) in [6.45, 7) is -0.363. The highest BCUT2D eigenvalue weighted by Gasteiger charge is 2.18. The van der Waals surface area contributed by atoms with E-state index in [0.29, 0.717) is 27.5 Å². The average molecular weight is 376 g/mol. The standard InChI is InChI=1S/C18H20N2O7/c1-24-14-8-12(9-15(25-2)17(14)26-3)10-19-16(21)11-27-18(22)13-6-4-5-7-20(13)23/h4-9H,10-11H2,1-3H3,(H,19,21). The Hall–Kier alpha value is -3.49. The number of rotatable bonds is 8. The first kappa shape index (κ1) is 19.8. The third kappa shape index (κ3) is 5.00. The molecule has 1 aromatic carbocycles. The zero-order valence-corrected chi connectivity index (χ0v) is 15.2. The molecule has 0 bridgehead atoms. The first-order valence-electron chi connectivity index (χ1n) is 7.91. The van der Waals surface area contributed by atoms with Gasteiger partial charge >= 0.3 is 11.7 Å². The first-order chi connectivity index (χ1) is 13.0. The van der Waals surface area contributed by atoms with Crippen molar-refractivity contribution in [3.63, 3.8) is 0 Å². The summed E-state index contributed by atoms with van der Waals surface area (Å²) >= 11 is 0. The Morgan fingerprint density at radius 2 is 1.74 bits per heavy atom. The molecule has 1 heterocycles. The van der Waals surface area contributed by atoms with E-state index in [1.807, 2.05) is 0 Å². The number of ether oxygens (including phenoxy) is 4. The van der Waals surface area contributed by atoms with Gasteiger partial charge in [0.05, 0.1) is 21.3 Å². The van der Waals surface area contributed by atoms with Gasteiger partial charge in [0.25, 0.3) is 5.91 Å². The maximum atomic E-state index is 11.9. The number of esters is 1. The molecule has 0 atom stereocenters. The van der Waals surface area contributed by atoms with Crippen LogP contribution in [-0.4, -0.2) is 39.8 Å². The van der Waals surface area contributed by atoms with Gasteiger partial charge in [-0.15, -0.1) is 0 Å². The van der Waals surface area contributed by atoms with Crippen molar-refractivity contribution in [1.82, 2.24) is 5.32 Å². The molecule has 0 aliphatic carbocycles. The Balaban J connectivity index is 1.94. The van der Waals surface area contributed by atoms with Gasteiger partial charge in [0.2, 0.25) is 5.75 Å². The monoisotopic (exact) mass is 376 g/mol. The predicted octanol–water partition coefficient (Wildman–Crippen LogP) is 0.819. The van der Waals surface area contributed by atoms with Gasteiger partial charge in [-0.25, -0.2) is 4.79 Å². The van der Waals surface area contributed by atoms with Crippen molar-refractivity contribution >= 4 is 11.9 Å². The number of nitrogens with zero attached hydrogens (tertiary/aromatic N) is 1. The maximum Gasteiger partial charge on any atom is 0.405 e. The summed E-state index contributed by atoms with van der Waals surface area (Å²) in [5, 5.41) is 14.1. The van der Waals surface area contributed by atoms with Crippen LogP contribution in [0.1, 0.15) is 16.1 Å². The largest absolute Gasteiger partial charge is 0.618 e. The number of carbonyl (C=O) groups is 2. The molecule has 0 spiro atoms. The maximum absolute atomic E-state index is 11.9. The molecule has 0 aliphatic rings. The number of aromatic nitrogens is 1. The van der Waals surface area contributed by atoms with Crippen LogP contribution in [0.2, 0.25) is 0 Å². The fourth-order valence-corrected chi connectivity index (χ4v) is 2.28. The highest BCUT2D eigenvalue weighted by molar-refractivity contribution is 5.88. The number of carbonyl (C=O) groups excluding carboxylic acids is 2. The van der Waals surface area contributed by atoms with E-state index in [2.05, 4.69) is 5.32 Å². The molecule has 9 nitrogen and oxygen atoms in total. The number of methoxy groups -OCH3 is 3. The normalized spacial score (nSPS) is 10.0. The third-order valence-electron chi connectivity index (χ3n) is 3.58. The van der Waals surface area contributed by atoms with Gasteiger partial charge in [-0.05, 0) is 23.8 Å². The molecule has 9 heteroatoms. The van der Waals surface area contributed by atoms with Gasteiger partial charge in [-0.3, -0.25) is 4.79 Å². The molecular weight excluding hydrogens is 356 g/mol. The topological polar surface area (TPSA) is 110 Å². The van der Waals surface area contributed by atoms with Crippen LogP contribution >= 0.6 is 0 Å². The zero-order chi connectivity index (χ0) is 19.8. The van der Waals surface area contributed by atoms with E-state index in [1.54, 1.807) is 12.1 Å². The molecule has 27 heavy (non-hydrogen) atoms. The summed E-state index contributed by atoms with van der Waals surface area (Å²) in [6.07, 6.45) is 1.17. The summed E-state index contributed by atoms with van der Waals surface area (Å²) in [4.78, 5) is 23.7. The van der Waals surface area contributed by atoms with Crippen LogP contribution in [0, 0.1) is 5.21 Å². The molecule has 1 N–H and O–H groups in total. The van der Waals surface area contributed by atoms with E-state index in [0.717, 1.165) is 0 Å². The molecule has 0 unspecified atom stereocenters. The third-order valence-corrected chi connectivity index (χ3v) is 3.58. The minimum atomic E-state index is -0.881. The summed E-state index contributed by atoms with van der Waals surface area (Å²) in [6, 6.07) is 7.70. The lowest BCUT2D eigenvalue weighted by Crippen LogP contribution is -2.36. The van der Waals surface area contributed by atoms with Gasteiger partial charge < -0.3 is 29.5 Å². The lowest BCUT2D eigenvalue weighted by molar-refractivity contribution is -0.608. The Labute approximate surface area is 156 Å². The van der Waals surface area contributed by atoms with E-state index in [9.17, 15) is 14.8 Å². The number of benzene rings is 1. The molecular formula is C18H20N2O7. The van der Waals surface area contributed by atoms with Crippen molar-refractivity contribution in [1.29, 1.82) is 0 Å². The second kappa shape index (κ2) is 9.27. The highest BCUT2D eigenvalue weighted by atomic mass is 16.5. The van der Waals surface area contributed by atoms with Crippen molar-refractivity contribution in [2.24, 2.45) is 0 Å². The smallest absolute Gasteiger partial charge is 0.405 e. The quantitative estimate of drug-likeness (QED) is 0.412. The molecule has 0 aliphatic heterocycles. The van der Waals surface area contributed by atoms with Crippen LogP contribution in [0.3, 0.4) is 0 Å². The van der Waals surface area contributed by atoms with E-state index in [-0.39, 0.29) is 12.2 Å². The van der Waals surface area contributed by atoms with Crippen molar-refractivity contribution in [2.75, 3.05) is 27.9 Å². The molecule has 2 rings (SSSR count). The lowest BCUT2D eigenvalue weighted by atomic mass is 10.1. The fourth-order valence-electron chi connectivity index (χ4n) is 2.28. The van der Waals surface area contributed by atoms with Gasteiger partial charge in [0, 0.05) is 18.7 Å². The SMILES string of the molecule is COc1cc(CNC(=O)COC(=O)c2cccc[n+]2[O-])cc(OC)c1OC. The second-order valence-corrected chi connectivity index (χ2v) is 5.30. The van der Waals surface area contributed by atoms with Crippen molar-refractivity contribution in [3.05, 3.63) is 53.0 Å². The number of pyridine rings is 1. The van der Waals surface area contributed by atoms with Gasteiger partial charge in [-0.2, -0.15) is 4.73 Å². The van der Waals surface area contributed by atoms with E-state index in [1.165, 1.54) is 45.7 Å². The molecule has 1 aromatic heterocycles. The second-order valence-electron chi connectivity index (χ2n) is 5.30. The Morgan fingerprint density at radius 1 is 1.07 bits per heavy atom. The highest BCUT2D eigenvalue weighted by Crippen LogP contribution is 2.38. The Morgan fingerprint density at radius 3 is 2.30 bits per heavy atom. The Kier molecular flexibility index (Phi) is 6.81. The van der Waals surface area contributed by atoms with Gasteiger partial charge in [-0.1, -0.05) is 0 Å². The summed E-state index contributed by atoms with van der Waals surface area (Å²) in [5.74, 6) is -0.0509. The predicted molar refractivity (Wildman–Crippen MR) is 93.6 cm³/mol. The molecule has 0 radical (unpaired) electrons. The average Bonchev–Trinajstić information content (AvgIpc) is 2.69.